The Morgan fingerprint density at radius 1 is 1.39 bits per heavy atom. The SMILES string of the molecule is CCC1CN(c2ccc(N)cc2)CCN1C(=O)O. The van der Waals surface area contributed by atoms with Crippen molar-refractivity contribution in [1.82, 2.24) is 4.90 Å². The van der Waals surface area contributed by atoms with Crippen LogP contribution in [-0.4, -0.2) is 41.8 Å². The summed E-state index contributed by atoms with van der Waals surface area (Å²) in [6.45, 7) is 4.05. The molecule has 5 heteroatoms. The molecule has 1 fully saturated rings. The van der Waals surface area contributed by atoms with Crippen molar-refractivity contribution in [2.75, 3.05) is 30.3 Å². The highest BCUT2D eigenvalue weighted by Crippen LogP contribution is 2.21. The molecule has 0 saturated carbocycles. The molecule has 1 atom stereocenters. The summed E-state index contributed by atoms with van der Waals surface area (Å²) in [5, 5.41) is 9.12. The first-order valence-electron chi connectivity index (χ1n) is 6.22. The van der Waals surface area contributed by atoms with Crippen LogP contribution in [0.3, 0.4) is 0 Å². The van der Waals surface area contributed by atoms with Crippen LogP contribution in [0.15, 0.2) is 24.3 Å². The van der Waals surface area contributed by atoms with E-state index in [1.54, 1.807) is 0 Å². The predicted molar refractivity (Wildman–Crippen MR) is 71.9 cm³/mol. The number of carboxylic acid groups (broad SMARTS) is 1. The van der Waals surface area contributed by atoms with E-state index in [0.29, 0.717) is 6.54 Å². The molecule has 0 aromatic heterocycles. The Morgan fingerprint density at radius 3 is 2.61 bits per heavy atom. The second-order valence-electron chi connectivity index (χ2n) is 4.58. The van der Waals surface area contributed by atoms with Crippen LogP contribution in [0.5, 0.6) is 0 Å². The van der Waals surface area contributed by atoms with E-state index < -0.39 is 6.09 Å². The van der Waals surface area contributed by atoms with Crippen molar-refractivity contribution in [3.8, 4) is 0 Å². The Bertz CT molecular complexity index is 419. The lowest BCUT2D eigenvalue weighted by Crippen LogP contribution is -2.54. The number of anilines is 2. The van der Waals surface area contributed by atoms with Crippen LogP contribution in [0.2, 0.25) is 0 Å². The summed E-state index contributed by atoms with van der Waals surface area (Å²) in [5.74, 6) is 0. The predicted octanol–water partition coefficient (Wildman–Crippen LogP) is 1.85. The van der Waals surface area contributed by atoms with Gasteiger partial charge in [-0.15, -0.1) is 0 Å². The van der Waals surface area contributed by atoms with Gasteiger partial charge in [0.2, 0.25) is 0 Å². The van der Waals surface area contributed by atoms with Gasteiger partial charge in [0.25, 0.3) is 0 Å². The molecule has 1 heterocycles. The molecule has 1 aromatic rings. The van der Waals surface area contributed by atoms with Crippen LogP contribution in [0.4, 0.5) is 16.2 Å². The highest BCUT2D eigenvalue weighted by atomic mass is 16.4. The number of nitrogens with zero attached hydrogens (tertiary/aromatic N) is 2. The van der Waals surface area contributed by atoms with Gasteiger partial charge in [0.05, 0.1) is 6.04 Å². The van der Waals surface area contributed by atoms with Crippen LogP contribution in [0.25, 0.3) is 0 Å². The molecule has 1 unspecified atom stereocenters. The lowest BCUT2D eigenvalue weighted by molar-refractivity contribution is 0.116. The third-order valence-corrected chi connectivity index (χ3v) is 3.46. The molecule has 2 rings (SSSR count). The third kappa shape index (κ3) is 2.50. The number of amides is 1. The minimum atomic E-state index is -0.821. The first kappa shape index (κ1) is 12.5. The molecule has 1 aromatic carbocycles. The van der Waals surface area contributed by atoms with E-state index in [-0.39, 0.29) is 6.04 Å². The van der Waals surface area contributed by atoms with E-state index in [0.717, 1.165) is 30.9 Å². The number of nitrogen functional groups attached to an aromatic ring is 1. The summed E-state index contributed by atoms with van der Waals surface area (Å²) in [6.07, 6.45) is 0.0106. The Balaban J connectivity index is 2.09. The van der Waals surface area contributed by atoms with Crippen molar-refractivity contribution in [2.45, 2.75) is 19.4 Å². The standard InChI is InChI=1S/C13H19N3O2/c1-2-11-9-15(7-8-16(11)13(17)18)12-5-3-10(14)4-6-12/h3-6,11H,2,7-9,14H2,1H3,(H,17,18). The van der Waals surface area contributed by atoms with Crippen LogP contribution in [0, 0.1) is 0 Å². The van der Waals surface area contributed by atoms with Crippen molar-refractivity contribution in [1.29, 1.82) is 0 Å². The van der Waals surface area contributed by atoms with Crippen LogP contribution in [-0.2, 0) is 0 Å². The minimum Gasteiger partial charge on any atom is -0.465 e. The number of hydrogen-bond donors (Lipinski definition) is 2. The maximum absolute atomic E-state index is 11.1. The molecule has 1 aliphatic rings. The molecule has 18 heavy (non-hydrogen) atoms. The van der Waals surface area contributed by atoms with Crippen molar-refractivity contribution in [3.63, 3.8) is 0 Å². The van der Waals surface area contributed by atoms with Gasteiger partial charge in [-0.2, -0.15) is 0 Å². The summed E-state index contributed by atoms with van der Waals surface area (Å²) in [7, 11) is 0. The molecule has 0 spiro atoms. The fourth-order valence-corrected chi connectivity index (χ4v) is 2.38. The molecule has 3 N–H and O–H groups in total. The van der Waals surface area contributed by atoms with Crippen molar-refractivity contribution >= 4 is 17.5 Å². The molecule has 1 saturated heterocycles. The summed E-state index contributed by atoms with van der Waals surface area (Å²) in [4.78, 5) is 14.9. The number of hydrogen-bond acceptors (Lipinski definition) is 3. The van der Waals surface area contributed by atoms with E-state index in [4.69, 9.17) is 10.8 Å². The van der Waals surface area contributed by atoms with E-state index in [1.807, 2.05) is 31.2 Å². The molecule has 0 aliphatic carbocycles. The quantitative estimate of drug-likeness (QED) is 0.785. The van der Waals surface area contributed by atoms with Gasteiger partial charge in [-0.3, -0.25) is 0 Å². The molecule has 5 nitrogen and oxygen atoms in total. The zero-order valence-corrected chi connectivity index (χ0v) is 10.5. The summed E-state index contributed by atoms with van der Waals surface area (Å²) in [5.41, 5.74) is 7.52. The van der Waals surface area contributed by atoms with Crippen molar-refractivity contribution < 1.29 is 9.90 Å². The van der Waals surface area contributed by atoms with Gasteiger partial charge >= 0.3 is 6.09 Å². The highest BCUT2D eigenvalue weighted by molar-refractivity contribution is 5.66. The molecule has 1 amide bonds. The fourth-order valence-electron chi connectivity index (χ4n) is 2.38. The lowest BCUT2D eigenvalue weighted by Gasteiger charge is -2.40. The largest absolute Gasteiger partial charge is 0.465 e. The van der Waals surface area contributed by atoms with E-state index in [9.17, 15) is 4.79 Å². The zero-order valence-electron chi connectivity index (χ0n) is 10.5. The number of rotatable bonds is 2. The summed E-state index contributed by atoms with van der Waals surface area (Å²) in [6, 6.07) is 7.78. The molecular formula is C13H19N3O2. The number of piperazine rings is 1. The molecule has 1 aliphatic heterocycles. The third-order valence-electron chi connectivity index (χ3n) is 3.46. The van der Waals surface area contributed by atoms with Gasteiger partial charge in [-0.05, 0) is 30.7 Å². The normalized spacial score (nSPS) is 19.9. The first-order chi connectivity index (χ1) is 8.61. The maximum Gasteiger partial charge on any atom is 0.407 e. The maximum atomic E-state index is 11.1. The Hall–Kier alpha value is -1.91. The average Bonchev–Trinajstić information content (AvgIpc) is 2.38. The highest BCUT2D eigenvalue weighted by Gasteiger charge is 2.28. The Labute approximate surface area is 107 Å². The monoisotopic (exact) mass is 249 g/mol. The van der Waals surface area contributed by atoms with Crippen LogP contribution in [0.1, 0.15) is 13.3 Å². The lowest BCUT2D eigenvalue weighted by atomic mass is 10.1. The number of nitrogens with two attached hydrogens (primary N) is 1. The van der Waals surface area contributed by atoms with Gasteiger partial charge < -0.3 is 20.6 Å². The van der Waals surface area contributed by atoms with Gasteiger partial charge in [-0.25, -0.2) is 4.79 Å². The van der Waals surface area contributed by atoms with E-state index in [2.05, 4.69) is 4.90 Å². The van der Waals surface area contributed by atoms with E-state index in [1.165, 1.54) is 4.90 Å². The summed E-state index contributed by atoms with van der Waals surface area (Å²) < 4.78 is 0. The zero-order chi connectivity index (χ0) is 13.1. The average molecular weight is 249 g/mol. The van der Waals surface area contributed by atoms with Gasteiger partial charge in [0, 0.05) is 31.0 Å². The topological polar surface area (TPSA) is 69.8 Å². The molecule has 0 bridgehead atoms. The molecular weight excluding hydrogens is 230 g/mol. The smallest absolute Gasteiger partial charge is 0.407 e. The number of carbonyl (C=O) groups is 1. The van der Waals surface area contributed by atoms with Gasteiger partial charge in [0.15, 0.2) is 0 Å². The molecule has 98 valence electrons. The first-order valence-corrected chi connectivity index (χ1v) is 6.22. The van der Waals surface area contributed by atoms with Crippen LogP contribution < -0.4 is 10.6 Å². The minimum absolute atomic E-state index is 0.0637. The Morgan fingerprint density at radius 2 is 2.06 bits per heavy atom. The van der Waals surface area contributed by atoms with Crippen LogP contribution >= 0.6 is 0 Å². The summed E-state index contributed by atoms with van der Waals surface area (Å²) >= 11 is 0. The second kappa shape index (κ2) is 5.16. The van der Waals surface area contributed by atoms with Crippen molar-refractivity contribution in [3.05, 3.63) is 24.3 Å². The number of benzene rings is 1. The Kier molecular flexibility index (Phi) is 3.60. The fraction of sp³-hybridized carbons (Fsp3) is 0.462. The van der Waals surface area contributed by atoms with Crippen molar-refractivity contribution in [2.24, 2.45) is 0 Å². The van der Waals surface area contributed by atoms with Gasteiger partial charge in [0.1, 0.15) is 0 Å². The molecule has 0 radical (unpaired) electrons. The second-order valence-corrected chi connectivity index (χ2v) is 4.58. The van der Waals surface area contributed by atoms with Gasteiger partial charge in [-0.1, -0.05) is 6.92 Å². The van der Waals surface area contributed by atoms with E-state index >= 15 is 0 Å².